The number of anilines is 2. The van der Waals surface area contributed by atoms with Crippen molar-refractivity contribution in [1.82, 2.24) is 4.31 Å². The zero-order valence-corrected chi connectivity index (χ0v) is 21.5. The molecule has 0 fully saturated rings. The molecule has 0 saturated carbocycles. The van der Waals surface area contributed by atoms with E-state index in [2.05, 4.69) is 0 Å². The van der Waals surface area contributed by atoms with Gasteiger partial charge in [0.15, 0.2) is 0 Å². The summed E-state index contributed by atoms with van der Waals surface area (Å²) in [5, 5.41) is 20.0. The summed E-state index contributed by atoms with van der Waals surface area (Å²) in [6, 6.07) is 19.0. The zero-order chi connectivity index (χ0) is 27.4. The van der Waals surface area contributed by atoms with Gasteiger partial charge < -0.3 is 10.0 Å². The smallest absolute Gasteiger partial charge is 0.303 e. The maximum atomic E-state index is 14.2. The number of sulfonamides is 1. The molecule has 3 aromatic rings. The number of benzene rings is 3. The second-order valence-electron chi connectivity index (χ2n) is 8.98. The van der Waals surface area contributed by atoms with Crippen LogP contribution in [0.4, 0.5) is 17.1 Å². The Hall–Kier alpha value is -4.25. The van der Waals surface area contributed by atoms with Crippen molar-refractivity contribution in [1.29, 1.82) is 0 Å². The molecule has 198 valence electrons. The molecule has 38 heavy (non-hydrogen) atoms. The number of nitro groups is 1. The van der Waals surface area contributed by atoms with Gasteiger partial charge in [0.25, 0.3) is 15.7 Å². The van der Waals surface area contributed by atoms with Gasteiger partial charge in [-0.05, 0) is 48.2 Å². The lowest BCUT2D eigenvalue weighted by Gasteiger charge is -2.36. The van der Waals surface area contributed by atoms with E-state index in [1.165, 1.54) is 0 Å². The van der Waals surface area contributed by atoms with Gasteiger partial charge in [-0.1, -0.05) is 42.8 Å². The average Bonchev–Trinajstić information content (AvgIpc) is 2.90. The van der Waals surface area contributed by atoms with Crippen molar-refractivity contribution < 1.29 is 28.0 Å². The fourth-order valence-electron chi connectivity index (χ4n) is 4.71. The maximum absolute atomic E-state index is 14.2. The molecular formula is C27H27N3O7S. The highest BCUT2D eigenvalue weighted by molar-refractivity contribution is 7.89. The minimum atomic E-state index is -4.38. The minimum Gasteiger partial charge on any atom is -0.481 e. The third kappa shape index (κ3) is 5.23. The quantitative estimate of drug-likeness (QED) is 0.224. The van der Waals surface area contributed by atoms with Crippen LogP contribution in [0, 0.1) is 10.1 Å². The number of rotatable bonds is 10. The molecule has 0 atom stereocenters. The van der Waals surface area contributed by atoms with Crippen LogP contribution in [0.5, 0.6) is 0 Å². The van der Waals surface area contributed by atoms with Crippen molar-refractivity contribution in [3.8, 4) is 0 Å². The number of unbranched alkanes of at least 4 members (excludes halogenated alkanes) is 2. The predicted molar refractivity (Wildman–Crippen MR) is 141 cm³/mol. The van der Waals surface area contributed by atoms with Crippen LogP contribution in [0.1, 0.15) is 42.7 Å². The van der Waals surface area contributed by atoms with Gasteiger partial charge in [-0.25, -0.2) is 12.7 Å². The third-order valence-electron chi connectivity index (χ3n) is 6.60. The summed E-state index contributed by atoms with van der Waals surface area (Å²) in [4.78, 5) is 37.3. The SMILES string of the molecule is CN1c2ccccc2C(C(=O)N(CCCCCC(=O)O)S(=O)(=O)c2ccc([N+](=O)[O-])cc2)c2ccccc21. The Bertz CT molecular complexity index is 1420. The van der Waals surface area contributed by atoms with Gasteiger partial charge in [0.2, 0.25) is 5.91 Å². The summed E-state index contributed by atoms with van der Waals surface area (Å²) in [5.74, 6) is -2.49. The van der Waals surface area contributed by atoms with E-state index in [1.807, 2.05) is 36.2 Å². The Morgan fingerprint density at radius 2 is 1.47 bits per heavy atom. The van der Waals surface area contributed by atoms with Gasteiger partial charge in [0.05, 0.1) is 15.7 Å². The minimum absolute atomic E-state index is 0.0568. The van der Waals surface area contributed by atoms with Crippen molar-refractivity contribution in [3.05, 3.63) is 94.0 Å². The molecular weight excluding hydrogens is 510 g/mol. The number of nitro benzene ring substituents is 1. The number of nitrogens with zero attached hydrogens (tertiary/aromatic N) is 3. The molecule has 1 aliphatic rings. The number of para-hydroxylation sites is 2. The van der Waals surface area contributed by atoms with Crippen molar-refractivity contribution in [2.75, 3.05) is 18.5 Å². The number of amides is 1. The van der Waals surface area contributed by atoms with Crippen LogP contribution in [0.3, 0.4) is 0 Å². The number of carbonyl (C=O) groups is 2. The number of hydrogen-bond acceptors (Lipinski definition) is 7. The Kier molecular flexibility index (Phi) is 7.77. The van der Waals surface area contributed by atoms with Crippen molar-refractivity contribution in [2.24, 2.45) is 0 Å². The van der Waals surface area contributed by atoms with Crippen LogP contribution in [0.2, 0.25) is 0 Å². The molecule has 1 amide bonds. The highest BCUT2D eigenvalue weighted by Gasteiger charge is 2.40. The standard InChI is InChI=1S/C27H27N3O7S/c1-28-23-11-6-4-9-21(23)26(22-10-5-7-12-24(22)28)27(33)29(18-8-2-3-13-25(31)32)38(36,37)20-16-14-19(15-17-20)30(34)35/h4-7,9-12,14-17,26H,2-3,8,13,18H2,1H3,(H,31,32). The van der Waals surface area contributed by atoms with Gasteiger partial charge in [-0.3, -0.25) is 19.7 Å². The number of carboxylic acids is 1. The van der Waals surface area contributed by atoms with Gasteiger partial charge in [-0.2, -0.15) is 0 Å². The first-order chi connectivity index (χ1) is 18.1. The molecule has 0 radical (unpaired) electrons. The first kappa shape index (κ1) is 26.8. The molecule has 4 rings (SSSR count). The summed E-state index contributed by atoms with van der Waals surface area (Å²) in [6.07, 6.45) is 0.960. The molecule has 11 heteroatoms. The summed E-state index contributed by atoms with van der Waals surface area (Å²) in [6.45, 7) is -0.158. The molecule has 0 saturated heterocycles. The summed E-state index contributed by atoms with van der Waals surface area (Å²) < 4.78 is 28.4. The van der Waals surface area contributed by atoms with Crippen molar-refractivity contribution in [3.63, 3.8) is 0 Å². The number of carboxylic acid groups (broad SMARTS) is 1. The number of carbonyl (C=O) groups excluding carboxylic acids is 1. The molecule has 3 aromatic carbocycles. The summed E-state index contributed by atoms with van der Waals surface area (Å²) in [5.41, 5.74) is 2.60. The van der Waals surface area contributed by atoms with E-state index < -0.39 is 32.7 Å². The Labute approximate surface area is 220 Å². The van der Waals surface area contributed by atoms with Crippen LogP contribution in [0.25, 0.3) is 0 Å². The van der Waals surface area contributed by atoms with E-state index in [-0.39, 0.29) is 30.0 Å². The van der Waals surface area contributed by atoms with E-state index in [0.717, 1.165) is 39.9 Å². The largest absolute Gasteiger partial charge is 0.481 e. The predicted octanol–water partition coefficient (Wildman–Crippen LogP) is 4.67. The number of non-ortho nitro benzene ring substituents is 1. The van der Waals surface area contributed by atoms with Gasteiger partial charge in [-0.15, -0.1) is 0 Å². The molecule has 1 aliphatic heterocycles. The van der Waals surface area contributed by atoms with Gasteiger partial charge in [0, 0.05) is 43.5 Å². The normalized spacial score (nSPS) is 12.9. The van der Waals surface area contributed by atoms with E-state index >= 15 is 0 Å². The van der Waals surface area contributed by atoms with E-state index in [4.69, 9.17) is 5.11 Å². The molecule has 0 unspecified atom stereocenters. The Morgan fingerprint density at radius 3 is 2.00 bits per heavy atom. The number of fused-ring (bicyclic) bond motifs is 2. The first-order valence-electron chi connectivity index (χ1n) is 12.1. The second kappa shape index (κ2) is 11.0. The number of aliphatic carboxylic acids is 1. The third-order valence-corrected chi connectivity index (χ3v) is 8.41. The van der Waals surface area contributed by atoms with Crippen LogP contribution in [-0.4, -0.2) is 48.2 Å². The van der Waals surface area contributed by atoms with Crippen LogP contribution < -0.4 is 4.90 Å². The van der Waals surface area contributed by atoms with Gasteiger partial charge >= 0.3 is 5.97 Å². The van der Waals surface area contributed by atoms with Gasteiger partial charge in [0.1, 0.15) is 0 Å². The molecule has 0 bridgehead atoms. The Balaban J connectivity index is 1.75. The van der Waals surface area contributed by atoms with Crippen molar-refractivity contribution in [2.45, 2.75) is 36.5 Å². The fraction of sp³-hybridized carbons (Fsp3) is 0.259. The maximum Gasteiger partial charge on any atom is 0.303 e. The van der Waals surface area contributed by atoms with Crippen LogP contribution >= 0.6 is 0 Å². The summed E-state index contributed by atoms with van der Waals surface area (Å²) in [7, 11) is -2.50. The monoisotopic (exact) mass is 537 g/mol. The van der Waals surface area contributed by atoms with E-state index in [9.17, 15) is 28.1 Å². The molecule has 1 heterocycles. The lowest BCUT2D eigenvalue weighted by Crippen LogP contribution is -2.42. The molecule has 1 N–H and O–H groups in total. The fourth-order valence-corrected chi connectivity index (χ4v) is 6.15. The zero-order valence-electron chi connectivity index (χ0n) is 20.7. The van der Waals surface area contributed by atoms with E-state index in [1.54, 1.807) is 24.3 Å². The van der Waals surface area contributed by atoms with Crippen LogP contribution in [0.15, 0.2) is 77.7 Å². The Morgan fingerprint density at radius 1 is 0.921 bits per heavy atom. The highest BCUT2D eigenvalue weighted by atomic mass is 32.2. The topological polar surface area (TPSA) is 138 Å². The van der Waals surface area contributed by atoms with Crippen LogP contribution in [-0.2, 0) is 19.6 Å². The lowest BCUT2D eigenvalue weighted by molar-refractivity contribution is -0.384. The van der Waals surface area contributed by atoms with Crippen molar-refractivity contribution >= 4 is 39.0 Å². The molecule has 0 spiro atoms. The second-order valence-corrected chi connectivity index (χ2v) is 10.8. The molecule has 0 aromatic heterocycles. The lowest BCUT2D eigenvalue weighted by atomic mass is 9.84. The average molecular weight is 538 g/mol. The first-order valence-corrected chi connectivity index (χ1v) is 13.5. The summed E-state index contributed by atoms with van der Waals surface area (Å²) >= 11 is 0. The molecule has 10 nitrogen and oxygen atoms in total. The highest BCUT2D eigenvalue weighted by Crippen LogP contribution is 2.45. The number of hydrogen-bond donors (Lipinski definition) is 1. The molecule has 0 aliphatic carbocycles. The van der Waals surface area contributed by atoms with E-state index in [0.29, 0.717) is 24.0 Å².